The van der Waals surface area contributed by atoms with E-state index in [-0.39, 0.29) is 23.5 Å². The number of halogens is 1. The summed E-state index contributed by atoms with van der Waals surface area (Å²) in [6, 6.07) is 7.81. The van der Waals surface area contributed by atoms with Crippen LogP contribution in [0, 0.1) is 11.7 Å². The Balaban J connectivity index is 1.99. The Morgan fingerprint density at radius 3 is 2.37 bits per heavy atom. The van der Waals surface area contributed by atoms with E-state index in [1.807, 2.05) is 26.8 Å². The van der Waals surface area contributed by atoms with Crippen LogP contribution in [0.1, 0.15) is 48.2 Å². The third-order valence-electron chi connectivity index (χ3n) is 4.73. The summed E-state index contributed by atoms with van der Waals surface area (Å²) >= 11 is 0. The topological polar surface area (TPSA) is 67.6 Å². The van der Waals surface area contributed by atoms with E-state index in [9.17, 15) is 18.8 Å². The Kier molecular flexibility index (Phi) is 4.76. The van der Waals surface area contributed by atoms with Gasteiger partial charge in [-0.05, 0) is 23.8 Å². The zero-order valence-electron chi connectivity index (χ0n) is 15.8. The molecule has 1 aromatic heterocycles. The molecule has 1 aliphatic heterocycles. The maximum Gasteiger partial charge on any atom is 0.290 e. The molecule has 0 spiro atoms. The van der Waals surface area contributed by atoms with Crippen molar-refractivity contribution in [1.82, 2.24) is 4.90 Å². The Morgan fingerprint density at radius 1 is 1.22 bits per heavy atom. The molecule has 0 bridgehead atoms. The van der Waals surface area contributed by atoms with Gasteiger partial charge in [0, 0.05) is 31.0 Å². The van der Waals surface area contributed by atoms with Gasteiger partial charge in [-0.25, -0.2) is 4.39 Å². The molecule has 0 N–H and O–H groups in total. The van der Waals surface area contributed by atoms with Gasteiger partial charge in [0.1, 0.15) is 17.5 Å². The number of hydrogen-bond acceptors (Lipinski definition) is 4. The van der Waals surface area contributed by atoms with Gasteiger partial charge in [0.2, 0.25) is 11.6 Å². The van der Waals surface area contributed by atoms with Crippen molar-refractivity contribution in [2.45, 2.75) is 32.6 Å². The van der Waals surface area contributed by atoms with Gasteiger partial charge in [0.15, 0.2) is 5.76 Å². The Labute approximate surface area is 157 Å². The SMILES string of the molecule is CN1CC(C(=O)c2oc(C(C)(C)C)cc2Cc2ccc(F)cc2)C(=O)C1=O. The predicted molar refractivity (Wildman–Crippen MR) is 97.1 cm³/mol. The van der Waals surface area contributed by atoms with Crippen molar-refractivity contribution in [1.29, 1.82) is 0 Å². The van der Waals surface area contributed by atoms with Gasteiger partial charge in [0.05, 0.1) is 0 Å². The van der Waals surface area contributed by atoms with Crippen LogP contribution >= 0.6 is 0 Å². The van der Waals surface area contributed by atoms with Gasteiger partial charge in [-0.2, -0.15) is 0 Å². The fourth-order valence-electron chi connectivity index (χ4n) is 3.10. The molecule has 6 heteroatoms. The minimum atomic E-state index is -1.05. The summed E-state index contributed by atoms with van der Waals surface area (Å²) in [4.78, 5) is 38.2. The van der Waals surface area contributed by atoms with Crippen molar-refractivity contribution in [3.8, 4) is 0 Å². The molecule has 5 nitrogen and oxygen atoms in total. The molecule has 0 radical (unpaired) electrons. The Morgan fingerprint density at radius 2 is 1.85 bits per heavy atom. The van der Waals surface area contributed by atoms with Crippen LogP contribution in [-0.2, 0) is 21.4 Å². The van der Waals surface area contributed by atoms with E-state index in [1.54, 1.807) is 12.1 Å². The number of likely N-dealkylation sites (tertiary alicyclic amines) is 1. The molecule has 2 heterocycles. The molecular weight excluding hydrogens is 349 g/mol. The highest BCUT2D eigenvalue weighted by Gasteiger charge is 2.43. The molecule has 2 aromatic rings. The monoisotopic (exact) mass is 371 g/mol. The second-order valence-electron chi connectivity index (χ2n) is 7.99. The fraction of sp³-hybridized carbons (Fsp3) is 0.381. The highest BCUT2D eigenvalue weighted by molar-refractivity contribution is 6.43. The first-order chi connectivity index (χ1) is 12.6. The summed E-state index contributed by atoms with van der Waals surface area (Å²) in [6.07, 6.45) is 0.367. The second-order valence-corrected chi connectivity index (χ2v) is 7.99. The molecule has 1 unspecified atom stereocenters. The number of carbonyl (C=O) groups is 3. The standard InChI is InChI=1S/C21H22FNO4/c1-21(2,3)16-10-13(9-12-5-7-14(22)8-6-12)19(27-16)17(24)15-11-23(4)20(26)18(15)25/h5-8,10,15H,9,11H2,1-4H3. The number of carbonyl (C=O) groups excluding carboxylic acids is 3. The first-order valence-corrected chi connectivity index (χ1v) is 8.79. The number of ketones is 2. The number of benzene rings is 1. The average molecular weight is 371 g/mol. The number of likely N-dealkylation sites (N-methyl/N-ethyl adjacent to an activating group) is 1. The van der Waals surface area contributed by atoms with E-state index in [1.165, 1.54) is 24.1 Å². The summed E-state index contributed by atoms with van der Waals surface area (Å²) in [5.74, 6) is -2.51. The van der Waals surface area contributed by atoms with E-state index in [4.69, 9.17) is 4.42 Å². The molecule has 1 atom stereocenters. The lowest BCUT2D eigenvalue weighted by atomic mass is 9.92. The number of furan rings is 1. The van der Waals surface area contributed by atoms with Crippen molar-refractivity contribution in [2.75, 3.05) is 13.6 Å². The van der Waals surface area contributed by atoms with Crippen LogP contribution < -0.4 is 0 Å². The van der Waals surface area contributed by atoms with Crippen LogP contribution in [0.5, 0.6) is 0 Å². The number of Topliss-reactive ketones (excluding diaryl/α,β-unsaturated/α-hetero) is 2. The lowest BCUT2D eigenvalue weighted by molar-refractivity contribution is -0.139. The van der Waals surface area contributed by atoms with E-state index in [0.29, 0.717) is 17.7 Å². The third kappa shape index (κ3) is 3.70. The minimum absolute atomic E-state index is 0.0536. The molecule has 3 rings (SSSR count). The molecule has 142 valence electrons. The number of rotatable bonds is 4. The van der Waals surface area contributed by atoms with E-state index >= 15 is 0 Å². The zero-order valence-corrected chi connectivity index (χ0v) is 15.8. The predicted octanol–water partition coefficient (Wildman–Crippen LogP) is 3.15. The molecule has 1 aromatic carbocycles. The number of nitrogens with zero attached hydrogens (tertiary/aromatic N) is 1. The fourth-order valence-corrected chi connectivity index (χ4v) is 3.10. The van der Waals surface area contributed by atoms with Gasteiger partial charge >= 0.3 is 0 Å². The largest absolute Gasteiger partial charge is 0.457 e. The van der Waals surface area contributed by atoms with Crippen molar-refractivity contribution >= 4 is 17.5 Å². The van der Waals surface area contributed by atoms with Crippen molar-refractivity contribution in [3.63, 3.8) is 0 Å². The van der Waals surface area contributed by atoms with Gasteiger partial charge < -0.3 is 9.32 Å². The number of amides is 1. The summed E-state index contributed by atoms with van der Waals surface area (Å²) in [5, 5.41) is 0. The number of hydrogen-bond donors (Lipinski definition) is 0. The van der Waals surface area contributed by atoms with E-state index < -0.39 is 23.4 Å². The van der Waals surface area contributed by atoms with Gasteiger partial charge in [0.25, 0.3) is 5.91 Å². The summed E-state index contributed by atoms with van der Waals surface area (Å²) < 4.78 is 19.0. The Bertz CT molecular complexity index is 905. The van der Waals surface area contributed by atoms with Crippen LogP contribution in [0.25, 0.3) is 0 Å². The molecule has 27 heavy (non-hydrogen) atoms. The smallest absolute Gasteiger partial charge is 0.290 e. The molecule has 1 fully saturated rings. The van der Waals surface area contributed by atoms with E-state index in [2.05, 4.69) is 0 Å². The van der Waals surface area contributed by atoms with Crippen LogP contribution in [0.4, 0.5) is 4.39 Å². The lowest BCUT2D eigenvalue weighted by Gasteiger charge is -2.14. The van der Waals surface area contributed by atoms with E-state index in [0.717, 1.165) is 5.56 Å². The first-order valence-electron chi connectivity index (χ1n) is 8.79. The normalized spacial score (nSPS) is 17.7. The molecular formula is C21H22FNO4. The van der Waals surface area contributed by atoms with Crippen molar-refractivity contribution < 1.29 is 23.2 Å². The average Bonchev–Trinajstić information content (AvgIpc) is 3.13. The highest BCUT2D eigenvalue weighted by atomic mass is 19.1. The summed E-state index contributed by atoms with van der Waals surface area (Å²) in [7, 11) is 1.50. The van der Waals surface area contributed by atoms with Crippen molar-refractivity contribution in [2.24, 2.45) is 5.92 Å². The van der Waals surface area contributed by atoms with Gasteiger partial charge in [-0.3, -0.25) is 14.4 Å². The maximum absolute atomic E-state index is 13.2. The highest BCUT2D eigenvalue weighted by Crippen LogP contribution is 2.31. The third-order valence-corrected chi connectivity index (χ3v) is 4.73. The van der Waals surface area contributed by atoms with Crippen LogP contribution in [0.2, 0.25) is 0 Å². The van der Waals surface area contributed by atoms with Crippen molar-refractivity contribution in [3.05, 3.63) is 58.8 Å². The molecule has 1 aliphatic rings. The minimum Gasteiger partial charge on any atom is -0.457 e. The second kappa shape index (κ2) is 6.76. The maximum atomic E-state index is 13.2. The Hall–Kier alpha value is -2.76. The van der Waals surface area contributed by atoms with Crippen LogP contribution in [0.3, 0.4) is 0 Å². The molecule has 1 amide bonds. The van der Waals surface area contributed by atoms with Crippen LogP contribution in [-0.4, -0.2) is 36.0 Å². The van der Waals surface area contributed by atoms with Gasteiger partial charge in [-0.1, -0.05) is 32.9 Å². The quantitative estimate of drug-likeness (QED) is 0.470. The summed E-state index contributed by atoms with van der Waals surface area (Å²) in [6.45, 7) is 5.93. The van der Waals surface area contributed by atoms with Gasteiger partial charge in [-0.15, -0.1) is 0 Å². The first kappa shape index (κ1) is 19.0. The summed E-state index contributed by atoms with van der Waals surface area (Å²) in [5.41, 5.74) is 1.12. The molecule has 0 aliphatic carbocycles. The zero-order chi connectivity index (χ0) is 19.9. The van der Waals surface area contributed by atoms with Crippen LogP contribution in [0.15, 0.2) is 34.7 Å². The lowest BCUT2D eigenvalue weighted by Crippen LogP contribution is -2.24. The molecule has 1 saturated heterocycles. The molecule has 0 saturated carbocycles.